The Hall–Kier alpha value is -0.570. The monoisotopic (exact) mass is 171 g/mol. The molecule has 1 fully saturated rings. The van der Waals surface area contributed by atoms with E-state index in [9.17, 15) is 4.79 Å². The van der Waals surface area contributed by atoms with E-state index in [1.54, 1.807) is 0 Å². The van der Waals surface area contributed by atoms with Gasteiger partial charge in [0.2, 0.25) is 5.91 Å². The van der Waals surface area contributed by atoms with Gasteiger partial charge in [-0.3, -0.25) is 4.79 Å². The van der Waals surface area contributed by atoms with Gasteiger partial charge in [0.05, 0.1) is 12.6 Å². The maximum absolute atomic E-state index is 11.4. The fraction of sp³-hybridized carbons (Fsp3) is 0.889. The Kier molecular flexibility index (Phi) is 3.09. The van der Waals surface area contributed by atoms with Gasteiger partial charge in [0.15, 0.2) is 0 Å². The van der Waals surface area contributed by atoms with Crippen LogP contribution >= 0.6 is 0 Å². The molecule has 1 saturated heterocycles. The summed E-state index contributed by atoms with van der Waals surface area (Å²) in [5.74, 6) is 0.689. The van der Waals surface area contributed by atoms with Crippen LogP contribution in [0.3, 0.4) is 0 Å². The maximum atomic E-state index is 11.4. The highest BCUT2D eigenvalue weighted by Gasteiger charge is 2.30. The van der Waals surface area contributed by atoms with Crippen molar-refractivity contribution >= 4 is 5.91 Å². The Balaban J connectivity index is 2.57. The topological polar surface area (TPSA) is 29.5 Å². The largest absolute Gasteiger partial charge is 0.359 e. The van der Waals surface area contributed by atoms with Gasteiger partial charge in [-0.25, -0.2) is 0 Å². The van der Waals surface area contributed by atoms with E-state index in [1.165, 1.54) is 0 Å². The Labute approximate surface area is 73.7 Å². The molecule has 1 rings (SSSR count). The Bertz CT molecular complexity index is 168. The van der Waals surface area contributed by atoms with Gasteiger partial charge < -0.3 is 9.64 Å². The zero-order valence-corrected chi connectivity index (χ0v) is 8.04. The number of carbonyl (C=O) groups excluding carboxylic acids is 1. The lowest BCUT2D eigenvalue weighted by Crippen LogP contribution is -2.39. The van der Waals surface area contributed by atoms with Gasteiger partial charge in [-0.2, -0.15) is 0 Å². The Morgan fingerprint density at radius 3 is 2.83 bits per heavy atom. The number of ether oxygens (including phenoxy) is 1. The molecule has 0 bridgehead atoms. The standard InChI is InChI=1S/C9H17NO2/c1-4-9(11)10-6-12-5-8(10)7(2)3/h7-8H,4-6H2,1-3H3/t8-/m0/s1. The third-order valence-corrected chi connectivity index (χ3v) is 2.31. The summed E-state index contributed by atoms with van der Waals surface area (Å²) in [4.78, 5) is 13.2. The summed E-state index contributed by atoms with van der Waals surface area (Å²) in [5, 5.41) is 0. The summed E-state index contributed by atoms with van der Waals surface area (Å²) < 4.78 is 5.26. The summed E-state index contributed by atoms with van der Waals surface area (Å²) in [7, 11) is 0. The van der Waals surface area contributed by atoms with Crippen molar-refractivity contribution in [2.75, 3.05) is 13.3 Å². The van der Waals surface area contributed by atoms with Crippen LogP contribution in [-0.2, 0) is 9.53 Å². The minimum atomic E-state index is 0.200. The van der Waals surface area contributed by atoms with Gasteiger partial charge >= 0.3 is 0 Å². The first-order valence-corrected chi connectivity index (χ1v) is 4.54. The van der Waals surface area contributed by atoms with Crippen molar-refractivity contribution in [2.24, 2.45) is 5.92 Å². The number of nitrogens with zero attached hydrogens (tertiary/aromatic N) is 1. The lowest BCUT2D eigenvalue weighted by molar-refractivity contribution is -0.133. The summed E-state index contributed by atoms with van der Waals surface area (Å²) >= 11 is 0. The third kappa shape index (κ3) is 1.78. The molecule has 70 valence electrons. The molecule has 12 heavy (non-hydrogen) atoms. The summed E-state index contributed by atoms with van der Waals surface area (Å²) in [5.41, 5.74) is 0. The van der Waals surface area contributed by atoms with E-state index < -0.39 is 0 Å². The van der Waals surface area contributed by atoms with E-state index in [0.717, 1.165) is 0 Å². The SMILES string of the molecule is CCC(=O)N1COC[C@H]1C(C)C. The second-order valence-electron chi connectivity index (χ2n) is 3.53. The van der Waals surface area contributed by atoms with Gasteiger partial charge in [-0.1, -0.05) is 20.8 Å². The summed E-state index contributed by atoms with van der Waals surface area (Å²) in [6.45, 7) is 7.31. The number of hydrogen-bond acceptors (Lipinski definition) is 2. The lowest BCUT2D eigenvalue weighted by atomic mass is 10.0. The lowest BCUT2D eigenvalue weighted by Gasteiger charge is -2.24. The van der Waals surface area contributed by atoms with Crippen LogP contribution in [0.15, 0.2) is 0 Å². The molecular weight excluding hydrogens is 154 g/mol. The van der Waals surface area contributed by atoms with E-state index in [2.05, 4.69) is 13.8 Å². The van der Waals surface area contributed by atoms with Gasteiger partial charge in [0.25, 0.3) is 0 Å². The molecule has 0 aromatic heterocycles. The van der Waals surface area contributed by atoms with E-state index in [-0.39, 0.29) is 11.9 Å². The van der Waals surface area contributed by atoms with E-state index in [0.29, 0.717) is 25.7 Å². The molecule has 0 unspecified atom stereocenters. The molecule has 0 radical (unpaired) electrons. The zero-order chi connectivity index (χ0) is 9.14. The fourth-order valence-corrected chi connectivity index (χ4v) is 1.47. The summed E-state index contributed by atoms with van der Waals surface area (Å²) in [6, 6.07) is 0.289. The first-order chi connectivity index (χ1) is 5.66. The van der Waals surface area contributed by atoms with E-state index in [4.69, 9.17) is 4.74 Å². The van der Waals surface area contributed by atoms with Crippen molar-refractivity contribution in [3.8, 4) is 0 Å². The van der Waals surface area contributed by atoms with Crippen molar-refractivity contribution in [2.45, 2.75) is 33.2 Å². The van der Waals surface area contributed by atoms with Crippen LogP contribution < -0.4 is 0 Å². The Morgan fingerprint density at radius 2 is 2.33 bits per heavy atom. The van der Waals surface area contributed by atoms with Crippen LogP contribution in [0.5, 0.6) is 0 Å². The predicted octanol–water partition coefficient (Wildman–Crippen LogP) is 1.24. The smallest absolute Gasteiger partial charge is 0.224 e. The molecule has 1 aliphatic rings. The highest BCUT2D eigenvalue weighted by atomic mass is 16.5. The molecule has 0 saturated carbocycles. The van der Waals surface area contributed by atoms with Crippen LogP contribution in [0.2, 0.25) is 0 Å². The first kappa shape index (κ1) is 9.52. The molecule has 1 atom stereocenters. The average molecular weight is 171 g/mol. The van der Waals surface area contributed by atoms with Gasteiger partial charge in [0, 0.05) is 6.42 Å². The molecule has 1 heterocycles. The van der Waals surface area contributed by atoms with Crippen molar-refractivity contribution in [3.63, 3.8) is 0 Å². The minimum absolute atomic E-state index is 0.200. The van der Waals surface area contributed by atoms with Gasteiger partial charge in [-0.15, -0.1) is 0 Å². The molecule has 1 amide bonds. The minimum Gasteiger partial charge on any atom is -0.359 e. The normalized spacial score (nSPS) is 23.7. The van der Waals surface area contributed by atoms with Crippen molar-refractivity contribution < 1.29 is 9.53 Å². The third-order valence-electron chi connectivity index (χ3n) is 2.31. The second-order valence-corrected chi connectivity index (χ2v) is 3.53. The van der Waals surface area contributed by atoms with Crippen LogP contribution in [0.25, 0.3) is 0 Å². The molecule has 0 N–H and O–H groups in total. The molecule has 3 nitrogen and oxygen atoms in total. The van der Waals surface area contributed by atoms with Crippen molar-refractivity contribution in [1.82, 2.24) is 4.90 Å². The van der Waals surface area contributed by atoms with E-state index in [1.807, 2.05) is 11.8 Å². The van der Waals surface area contributed by atoms with Crippen LogP contribution in [0.4, 0.5) is 0 Å². The highest BCUT2D eigenvalue weighted by molar-refractivity contribution is 5.76. The molecule has 3 heteroatoms. The fourth-order valence-electron chi connectivity index (χ4n) is 1.47. The molecular formula is C9H17NO2. The second kappa shape index (κ2) is 3.90. The number of carbonyl (C=O) groups is 1. The predicted molar refractivity (Wildman–Crippen MR) is 46.6 cm³/mol. The maximum Gasteiger partial charge on any atom is 0.224 e. The molecule has 1 aliphatic heterocycles. The van der Waals surface area contributed by atoms with Crippen LogP contribution in [0.1, 0.15) is 27.2 Å². The van der Waals surface area contributed by atoms with Crippen molar-refractivity contribution in [1.29, 1.82) is 0 Å². The highest BCUT2D eigenvalue weighted by Crippen LogP contribution is 2.17. The molecule has 0 aliphatic carbocycles. The van der Waals surface area contributed by atoms with E-state index >= 15 is 0 Å². The van der Waals surface area contributed by atoms with Crippen LogP contribution in [0, 0.1) is 5.92 Å². The van der Waals surface area contributed by atoms with Crippen LogP contribution in [-0.4, -0.2) is 30.2 Å². The average Bonchev–Trinajstić information content (AvgIpc) is 2.50. The van der Waals surface area contributed by atoms with Crippen molar-refractivity contribution in [3.05, 3.63) is 0 Å². The molecule has 0 aromatic carbocycles. The Morgan fingerprint density at radius 1 is 1.67 bits per heavy atom. The zero-order valence-electron chi connectivity index (χ0n) is 8.04. The van der Waals surface area contributed by atoms with Gasteiger partial charge in [0.1, 0.15) is 6.73 Å². The summed E-state index contributed by atoms with van der Waals surface area (Å²) in [6.07, 6.45) is 0.576. The van der Waals surface area contributed by atoms with Gasteiger partial charge in [-0.05, 0) is 5.92 Å². The number of hydrogen-bond donors (Lipinski definition) is 0. The molecule has 0 spiro atoms. The molecule has 0 aromatic rings. The quantitative estimate of drug-likeness (QED) is 0.625. The number of amides is 1. The number of rotatable bonds is 2. The first-order valence-electron chi connectivity index (χ1n) is 4.54.